The van der Waals surface area contributed by atoms with E-state index in [1.54, 1.807) is 4.68 Å². The number of aryl methyl sites for hydroxylation is 2. The Morgan fingerprint density at radius 1 is 1.17 bits per heavy atom. The van der Waals surface area contributed by atoms with E-state index in [4.69, 9.17) is 10.00 Å². The summed E-state index contributed by atoms with van der Waals surface area (Å²) in [5, 5.41) is 20.5. The van der Waals surface area contributed by atoms with E-state index in [0.717, 1.165) is 29.8 Å². The number of hydrogen-bond acceptors (Lipinski definition) is 6. The fourth-order valence-electron chi connectivity index (χ4n) is 4.43. The lowest BCUT2D eigenvalue weighted by Crippen LogP contribution is -2.43. The second-order valence-corrected chi connectivity index (χ2v) is 8.92. The molecule has 7 heteroatoms. The maximum atomic E-state index is 9.02. The number of aromatic nitrogens is 3. The third-order valence-electron chi connectivity index (χ3n) is 6.28. The third kappa shape index (κ3) is 5.18. The Labute approximate surface area is 205 Å². The van der Waals surface area contributed by atoms with Gasteiger partial charge in [0.25, 0.3) is 0 Å². The van der Waals surface area contributed by atoms with Gasteiger partial charge in [-0.15, -0.1) is 0 Å². The number of ether oxygens (including phenoxy) is 1. The Balaban J connectivity index is 1.32. The first kappa shape index (κ1) is 22.6. The van der Waals surface area contributed by atoms with Crippen LogP contribution in [0.5, 0.6) is 5.88 Å². The van der Waals surface area contributed by atoms with Gasteiger partial charge in [-0.05, 0) is 49.2 Å². The number of nitrogens with zero attached hydrogens (tertiary/aromatic N) is 4. The van der Waals surface area contributed by atoms with Gasteiger partial charge in [0, 0.05) is 30.6 Å². The largest absolute Gasteiger partial charge is 0.469 e. The number of pyridine rings is 1. The monoisotopic (exact) mass is 464 g/mol. The van der Waals surface area contributed by atoms with Crippen molar-refractivity contribution in [3.05, 3.63) is 95.4 Å². The second-order valence-electron chi connectivity index (χ2n) is 8.92. The topological polar surface area (TPSA) is 87.8 Å². The van der Waals surface area contributed by atoms with E-state index in [1.165, 1.54) is 16.7 Å². The van der Waals surface area contributed by atoms with Crippen LogP contribution in [-0.2, 0) is 13.5 Å². The van der Waals surface area contributed by atoms with Crippen molar-refractivity contribution in [1.82, 2.24) is 20.1 Å². The van der Waals surface area contributed by atoms with Gasteiger partial charge in [0.1, 0.15) is 6.10 Å². The SMILES string of the molecule is Cc1cccc([C@@H](NCCc2ccc(C#N)cc2)[C@H]2CNc3cc(-c4cnn(C)c4)cnc3O2)c1. The molecule has 2 atom stereocenters. The average Bonchev–Trinajstić information content (AvgIpc) is 3.32. The van der Waals surface area contributed by atoms with E-state index in [0.29, 0.717) is 18.0 Å². The van der Waals surface area contributed by atoms with E-state index < -0.39 is 0 Å². The summed E-state index contributed by atoms with van der Waals surface area (Å²) in [7, 11) is 1.90. The summed E-state index contributed by atoms with van der Waals surface area (Å²) in [6, 6.07) is 20.5. The van der Waals surface area contributed by atoms with Gasteiger partial charge in [0.05, 0.1) is 36.1 Å². The van der Waals surface area contributed by atoms with E-state index in [-0.39, 0.29) is 12.1 Å². The van der Waals surface area contributed by atoms with Crippen LogP contribution in [0.3, 0.4) is 0 Å². The number of anilines is 1. The number of hydrogen-bond donors (Lipinski definition) is 2. The lowest BCUT2D eigenvalue weighted by atomic mass is 9.98. The van der Waals surface area contributed by atoms with Crippen LogP contribution in [0.25, 0.3) is 11.1 Å². The summed E-state index contributed by atoms with van der Waals surface area (Å²) in [6.07, 6.45) is 6.38. The number of benzene rings is 2. The van der Waals surface area contributed by atoms with Crippen LogP contribution in [0.1, 0.15) is 28.3 Å². The fraction of sp³-hybridized carbons (Fsp3) is 0.250. The van der Waals surface area contributed by atoms with Crippen molar-refractivity contribution in [3.8, 4) is 23.1 Å². The standard InChI is InChI=1S/C28H28N6O/c1-19-4-3-5-22(12-19)27(30-11-10-20-6-8-21(14-29)9-7-20)26-17-31-25-13-23(15-32-28(25)35-26)24-16-33-34(2)18-24/h3-9,12-13,15-16,18,26-27,30-31H,10-11,17H2,1-2H3/t26-,27-/m1/s1. The summed E-state index contributed by atoms with van der Waals surface area (Å²) in [5.41, 5.74) is 7.19. The molecule has 0 aliphatic carbocycles. The van der Waals surface area contributed by atoms with Crippen molar-refractivity contribution >= 4 is 5.69 Å². The van der Waals surface area contributed by atoms with Gasteiger partial charge >= 0.3 is 0 Å². The fourth-order valence-corrected chi connectivity index (χ4v) is 4.43. The minimum atomic E-state index is -0.123. The smallest absolute Gasteiger partial charge is 0.237 e. The van der Waals surface area contributed by atoms with Crippen LogP contribution >= 0.6 is 0 Å². The van der Waals surface area contributed by atoms with E-state index in [2.05, 4.69) is 64.0 Å². The summed E-state index contributed by atoms with van der Waals surface area (Å²) < 4.78 is 8.21. The molecule has 0 saturated carbocycles. The summed E-state index contributed by atoms with van der Waals surface area (Å²) in [5.74, 6) is 0.612. The first-order valence-electron chi connectivity index (χ1n) is 11.8. The predicted molar refractivity (Wildman–Crippen MR) is 136 cm³/mol. The van der Waals surface area contributed by atoms with Gasteiger partial charge in [-0.3, -0.25) is 4.68 Å². The zero-order chi connectivity index (χ0) is 24.2. The molecule has 0 radical (unpaired) electrons. The zero-order valence-electron chi connectivity index (χ0n) is 19.9. The van der Waals surface area contributed by atoms with Crippen LogP contribution in [0.15, 0.2) is 73.2 Å². The lowest BCUT2D eigenvalue weighted by molar-refractivity contribution is 0.150. The minimum Gasteiger partial charge on any atom is -0.469 e. The normalized spacial score (nSPS) is 15.4. The van der Waals surface area contributed by atoms with E-state index >= 15 is 0 Å². The Morgan fingerprint density at radius 2 is 2.03 bits per heavy atom. The van der Waals surface area contributed by atoms with Crippen LogP contribution < -0.4 is 15.4 Å². The van der Waals surface area contributed by atoms with Crippen molar-refractivity contribution < 1.29 is 4.74 Å². The molecular formula is C28H28N6O. The van der Waals surface area contributed by atoms with Crippen LogP contribution in [0, 0.1) is 18.3 Å². The van der Waals surface area contributed by atoms with Gasteiger partial charge in [0.2, 0.25) is 5.88 Å². The molecule has 0 fully saturated rings. The molecule has 0 unspecified atom stereocenters. The second kappa shape index (κ2) is 10.00. The van der Waals surface area contributed by atoms with Crippen LogP contribution in [0.4, 0.5) is 5.69 Å². The van der Waals surface area contributed by atoms with Crippen molar-refractivity contribution in [2.24, 2.45) is 7.05 Å². The highest BCUT2D eigenvalue weighted by atomic mass is 16.5. The maximum absolute atomic E-state index is 9.02. The minimum absolute atomic E-state index is 0.00580. The quantitative estimate of drug-likeness (QED) is 0.421. The van der Waals surface area contributed by atoms with Crippen molar-refractivity contribution in [3.63, 3.8) is 0 Å². The summed E-state index contributed by atoms with van der Waals surface area (Å²) in [6.45, 7) is 3.55. The predicted octanol–water partition coefficient (Wildman–Crippen LogP) is 4.41. The molecule has 2 N–H and O–H groups in total. The van der Waals surface area contributed by atoms with Gasteiger partial charge in [-0.2, -0.15) is 10.4 Å². The Morgan fingerprint density at radius 3 is 2.77 bits per heavy atom. The van der Waals surface area contributed by atoms with Crippen molar-refractivity contribution in [2.75, 3.05) is 18.4 Å². The van der Waals surface area contributed by atoms with Crippen LogP contribution in [-0.4, -0.2) is 34.0 Å². The number of rotatable bonds is 7. The number of nitriles is 1. The molecule has 0 spiro atoms. The maximum Gasteiger partial charge on any atom is 0.237 e. The molecule has 1 aliphatic heterocycles. The first-order chi connectivity index (χ1) is 17.1. The van der Waals surface area contributed by atoms with Gasteiger partial charge in [0.15, 0.2) is 0 Å². The lowest BCUT2D eigenvalue weighted by Gasteiger charge is -2.33. The summed E-state index contributed by atoms with van der Waals surface area (Å²) in [4.78, 5) is 4.62. The van der Waals surface area contributed by atoms with Crippen molar-refractivity contribution in [1.29, 1.82) is 5.26 Å². The number of fused-ring (bicyclic) bond motifs is 1. The van der Waals surface area contributed by atoms with E-state index in [1.807, 2.05) is 49.9 Å². The zero-order valence-corrected chi connectivity index (χ0v) is 19.9. The molecule has 5 rings (SSSR count). The van der Waals surface area contributed by atoms with Crippen LogP contribution in [0.2, 0.25) is 0 Å². The van der Waals surface area contributed by atoms with Gasteiger partial charge in [-0.25, -0.2) is 4.98 Å². The molecule has 3 heterocycles. The Hall–Kier alpha value is -4.15. The molecule has 0 saturated heterocycles. The molecule has 1 aliphatic rings. The molecule has 2 aromatic carbocycles. The summed E-state index contributed by atoms with van der Waals surface area (Å²) >= 11 is 0. The first-order valence-corrected chi connectivity index (χ1v) is 11.8. The highest BCUT2D eigenvalue weighted by molar-refractivity contribution is 5.69. The average molecular weight is 465 g/mol. The molecule has 2 aromatic heterocycles. The highest BCUT2D eigenvalue weighted by Gasteiger charge is 2.29. The third-order valence-corrected chi connectivity index (χ3v) is 6.28. The van der Waals surface area contributed by atoms with Gasteiger partial charge in [-0.1, -0.05) is 42.0 Å². The molecule has 4 aromatic rings. The molecule has 0 amide bonds. The molecule has 176 valence electrons. The molecule has 7 nitrogen and oxygen atoms in total. The molecule has 35 heavy (non-hydrogen) atoms. The molecule has 0 bridgehead atoms. The van der Waals surface area contributed by atoms with Crippen molar-refractivity contribution in [2.45, 2.75) is 25.5 Å². The highest BCUT2D eigenvalue weighted by Crippen LogP contribution is 2.34. The molecular weight excluding hydrogens is 436 g/mol. The van der Waals surface area contributed by atoms with E-state index in [9.17, 15) is 0 Å². The Bertz CT molecular complexity index is 1350. The van der Waals surface area contributed by atoms with Gasteiger partial charge < -0.3 is 15.4 Å². The Kier molecular flexibility index (Phi) is 6.47. The number of nitrogens with one attached hydrogen (secondary N) is 2.